The molecule has 0 spiro atoms. The van der Waals surface area contributed by atoms with Gasteiger partial charge in [0.1, 0.15) is 0 Å². The Morgan fingerprint density at radius 2 is 2.03 bits per heavy atom. The number of aromatic nitrogens is 3. The number of thiazole rings is 1. The zero-order valence-corrected chi connectivity index (χ0v) is 17.8. The molecule has 2 aliphatic heterocycles. The highest BCUT2D eigenvalue weighted by atomic mass is 35.5. The van der Waals surface area contributed by atoms with E-state index in [1.165, 1.54) is 23.6 Å². The number of halogens is 5. The van der Waals surface area contributed by atoms with Crippen molar-refractivity contribution in [2.45, 2.75) is 24.7 Å². The molecule has 2 fully saturated rings. The number of piperazine rings is 1. The highest BCUT2D eigenvalue weighted by Gasteiger charge is 2.46. The minimum atomic E-state index is -4.70. The van der Waals surface area contributed by atoms with Crippen molar-refractivity contribution in [3.63, 3.8) is 0 Å². The molecule has 0 aliphatic carbocycles. The predicted octanol–water partition coefficient (Wildman–Crippen LogP) is 4.62. The maximum absolute atomic E-state index is 12.9. The molecule has 5 rings (SSSR count). The third-order valence-corrected chi connectivity index (χ3v) is 6.87. The summed E-state index contributed by atoms with van der Waals surface area (Å²) in [6.45, 7) is 1.06. The van der Waals surface area contributed by atoms with Crippen LogP contribution >= 0.6 is 34.5 Å². The van der Waals surface area contributed by atoms with Crippen molar-refractivity contribution in [2.75, 3.05) is 18.0 Å². The minimum absolute atomic E-state index is 0.0152. The number of likely N-dealkylation sites (tertiary alicyclic amines) is 1. The van der Waals surface area contributed by atoms with Crippen molar-refractivity contribution in [2.24, 2.45) is 0 Å². The molecular formula is C18H12Cl2F3N5O2S. The molecule has 2 aliphatic rings. The van der Waals surface area contributed by atoms with Crippen LogP contribution in [0, 0.1) is 0 Å². The van der Waals surface area contributed by atoms with E-state index in [2.05, 4.69) is 24.5 Å². The molecule has 0 radical (unpaired) electrons. The molecule has 13 heteroatoms. The smallest absolute Gasteiger partial charge is 0.341 e. The van der Waals surface area contributed by atoms with Gasteiger partial charge in [0.2, 0.25) is 5.82 Å². The van der Waals surface area contributed by atoms with Gasteiger partial charge in [0, 0.05) is 18.1 Å². The number of rotatable bonds is 3. The van der Waals surface area contributed by atoms with E-state index in [-0.39, 0.29) is 23.8 Å². The molecule has 2 aromatic heterocycles. The van der Waals surface area contributed by atoms with Gasteiger partial charge in [0.05, 0.1) is 33.7 Å². The molecule has 162 valence electrons. The lowest BCUT2D eigenvalue weighted by molar-refractivity contribution is -0.159. The third-order valence-electron chi connectivity index (χ3n) is 5.29. The summed E-state index contributed by atoms with van der Waals surface area (Å²) in [4.78, 5) is 24.9. The van der Waals surface area contributed by atoms with Gasteiger partial charge in [0.15, 0.2) is 5.13 Å². The van der Waals surface area contributed by atoms with E-state index in [1.807, 2.05) is 0 Å². The lowest BCUT2D eigenvalue weighted by atomic mass is 10.1. The summed E-state index contributed by atoms with van der Waals surface area (Å²) >= 11 is 13.3. The van der Waals surface area contributed by atoms with Gasteiger partial charge >= 0.3 is 12.1 Å². The Balaban J connectivity index is 1.30. The van der Waals surface area contributed by atoms with Crippen molar-refractivity contribution in [1.29, 1.82) is 0 Å². The van der Waals surface area contributed by atoms with Crippen LogP contribution in [0.25, 0.3) is 10.7 Å². The Bertz CT molecular complexity index is 1170. The molecule has 4 heterocycles. The van der Waals surface area contributed by atoms with Crippen molar-refractivity contribution >= 4 is 45.6 Å². The van der Waals surface area contributed by atoms with Crippen LogP contribution in [0.2, 0.25) is 10.0 Å². The quantitative estimate of drug-likeness (QED) is 0.534. The lowest BCUT2D eigenvalue weighted by Gasteiger charge is -2.34. The number of alkyl halides is 3. The number of fused-ring (bicyclic) bond motifs is 2. The highest BCUT2D eigenvalue weighted by Crippen LogP contribution is 2.40. The number of nitrogens with zero attached hydrogens (tertiary/aromatic N) is 5. The molecule has 0 N–H and O–H groups in total. The van der Waals surface area contributed by atoms with E-state index in [0.29, 0.717) is 38.7 Å². The normalized spacial score (nSPS) is 20.7. The Labute approximate surface area is 187 Å². The van der Waals surface area contributed by atoms with Crippen LogP contribution < -0.4 is 4.90 Å². The van der Waals surface area contributed by atoms with Crippen molar-refractivity contribution in [1.82, 2.24) is 20.0 Å². The van der Waals surface area contributed by atoms with Crippen molar-refractivity contribution < 1.29 is 22.5 Å². The van der Waals surface area contributed by atoms with Gasteiger partial charge in [-0.25, -0.2) is 4.98 Å². The summed E-state index contributed by atoms with van der Waals surface area (Å²) in [5.41, 5.74) is 0.402. The summed E-state index contributed by atoms with van der Waals surface area (Å²) in [7, 11) is 0. The van der Waals surface area contributed by atoms with E-state index < -0.39 is 12.1 Å². The number of carbonyl (C=O) groups excluding carboxylic acids is 1. The summed E-state index contributed by atoms with van der Waals surface area (Å²) in [6.07, 6.45) is -2.50. The number of anilines is 1. The number of hydrogen-bond donors (Lipinski definition) is 0. The lowest BCUT2D eigenvalue weighted by Crippen LogP contribution is -2.48. The number of benzene rings is 1. The molecule has 1 aromatic carbocycles. The van der Waals surface area contributed by atoms with Crippen LogP contribution in [0.5, 0.6) is 0 Å². The second-order valence-corrected chi connectivity index (χ2v) is 9.06. The van der Waals surface area contributed by atoms with Crippen LogP contribution in [-0.2, 0) is 6.18 Å². The molecular weight excluding hydrogens is 478 g/mol. The minimum Gasteiger partial charge on any atom is -0.341 e. The molecule has 7 nitrogen and oxygen atoms in total. The fraction of sp³-hybridized carbons (Fsp3) is 0.333. The van der Waals surface area contributed by atoms with E-state index in [0.717, 1.165) is 6.42 Å². The Kier molecular flexibility index (Phi) is 4.87. The van der Waals surface area contributed by atoms with Crippen LogP contribution in [0.3, 0.4) is 0 Å². The second kappa shape index (κ2) is 7.35. The third kappa shape index (κ3) is 3.64. The average molecular weight is 490 g/mol. The molecule has 0 saturated carbocycles. The molecule has 2 unspecified atom stereocenters. The van der Waals surface area contributed by atoms with Gasteiger partial charge in [-0.2, -0.15) is 18.2 Å². The zero-order valence-electron chi connectivity index (χ0n) is 15.4. The average Bonchev–Trinajstić information content (AvgIpc) is 3.49. The Morgan fingerprint density at radius 3 is 2.68 bits per heavy atom. The van der Waals surface area contributed by atoms with Gasteiger partial charge in [-0.05, 0) is 24.6 Å². The highest BCUT2D eigenvalue weighted by molar-refractivity contribution is 7.18. The van der Waals surface area contributed by atoms with Crippen molar-refractivity contribution in [3.8, 4) is 10.7 Å². The summed E-state index contributed by atoms with van der Waals surface area (Å²) in [6, 6.07) is 4.81. The van der Waals surface area contributed by atoms with Gasteiger partial charge in [0.25, 0.3) is 5.91 Å². The maximum Gasteiger partial charge on any atom is 0.471 e. The molecule has 2 saturated heterocycles. The molecule has 31 heavy (non-hydrogen) atoms. The molecule has 3 aromatic rings. The number of amides is 1. The maximum atomic E-state index is 12.9. The van der Waals surface area contributed by atoms with Crippen LogP contribution in [0.15, 0.2) is 28.9 Å². The summed E-state index contributed by atoms with van der Waals surface area (Å²) < 4.78 is 42.3. The van der Waals surface area contributed by atoms with Crippen molar-refractivity contribution in [3.05, 3.63) is 45.9 Å². The molecule has 1 amide bonds. The SMILES string of the molecule is O=C(c1ccc(Cl)cc1Cl)N1CC2CC1CN2c1ncc(-c2noc(C(F)(F)F)n2)s1. The predicted molar refractivity (Wildman–Crippen MR) is 107 cm³/mol. The summed E-state index contributed by atoms with van der Waals surface area (Å²) in [5.74, 6) is -1.71. The molecule has 2 atom stereocenters. The van der Waals surface area contributed by atoms with Crippen LogP contribution in [0.4, 0.5) is 18.3 Å². The topological polar surface area (TPSA) is 75.4 Å². The second-order valence-electron chi connectivity index (χ2n) is 7.21. The van der Waals surface area contributed by atoms with E-state index in [4.69, 9.17) is 23.2 Å². The monoisotopic (exact) mass is 489 g/mol. The fourth-order valence-electron chi connectivity index (χ4n) is 3.91. The first kappa shape index (κ1) is 20.5. The van der Waals surface area contributed by atoms with Crippen LogP contribution in [0.1, 0.15) is 22.7 Å². The van der Waals surface area contributed by atoms with E-state index >= 15 is 0 Å². The van der Waals surface area contributed by atoms with E-state index in [9.17, 15) is 18.0 Å². The number of carbonyl (C=O) groups is 1. The first-order valence-corrected chi connectivity index (χ1v) is 10.7. The fourth-order valence-corrected chi connectivity index (χ4v) is 5.32. The first-order chi connectivity index (χ1) is 14.7. The first-order valence-electron chi connectivity index (χ1n) is 9.10. The van der Waals surface area contributed by atoms with E-state index in [1.54, 1.807) is 17.0 Å². The standard InChI is InChI=1S/C18H12Cl2F3N5O2S/c19-8-1-2-11(12(20)3-8)15(29)27-6-10-4-9(27)7-28(10)17-24-5-13(31-17)14-25-16(30-26-14)18(21,22)23/h1-3,5,9-10H,4,6-7H2. The largest absolute Gasteiger partial charge is 0.471 e. The van der Waals surface area contributed by atoms with Gasteiger partial charge in [-0.1, -0.05) is 39.7 Å². The van der Waals surface area contributed by atoms with Gasteiger partial charge < -0.3 is 14.3 Å². The number of hydrogen-bond acceptors (Lipinski definition) is 7. The zero-order chi connectivity index (χ0) is 21.9. The Hall–Kier alpha value is -2.37. The molecule has 2 bridgehead atoms. The van der Waals surface area contributed by atoms with Gasteiger partial charge in [-0.15, -0.1) is 0 Å². The van der Waals surface area contributed by atoms with Crippen LogP contribution in [-0.4, -0.2) is 51.1 Å². The Morgan fingerprint density at radius 1 is 1.23 bits per heavy atom. The summed E-state index contributed by atoms with van der Waals surface area (Å²) in [5, 5.41) is 4.79. The van der Waals surface area contributed by atoms with Gasteiger partial charge in [-0.3, -0.25) is 4.79 Å².